The summed E-state index contributed by atoms with van der Waals surface area (Å²) in [5.74, 6) is -0.248. The Kier molecular flexibility index (Phi) is 2.27. The lowest BCUT2D eigenvalue weighted by atomic mass is 10.2. The number of cyclic esters (lactones) is 1. The van der Waals surface area contributed by atoms with Crippen molar-refractivity contribution in [2.24, 2.45) is 0 Å². The van der Waals surface area contributed by atoms with E-state index in [-0.39, 0.29) is 12.1 Å². The van der Waals surface area contributed by atoms with Gasteiger partial charge < -0.3 is 4.74 Å². The molecule has 0 aromatic rings. The minimum Gasteiger partial charge on any atom is -0.450 e. The van der Waals surface area contributed by atoms with Crippen LogP contribution in [-0.4, -0.2) is 17.4 Å². The topological polar surface area (TPSA) is 26.3 Å². The van der Waals surface area contributed by atoms with Gasteiger partial charge in [-0.2, -0.15) is 0 Å². The van der Waals surface area contributed by atoms with Gasteiger partial charge in [0.1, 0.15) is 6.10 Å². The maximum Gasteiger partial charge on any atom is 0.335 e. The first-order valence-electron chi connectivity index (χ1n) is 2.88. The lowest BCUT2D eigenvalue weighted by Crippen LogP contribution is -2.04. The smallest absolute Gasteiger partial charge is 0.335 e. The van der Waals surface area contributed by atoms with Crippen LogP contribution < -0.4 is 0 Å². The van der Waals surface area contributed by atoms with Crippen molar-refractivity contribution < 1.29 is 9.53 Å². The van der Waals surface area contributed by atoms with E-state index in [0.29, 0.717) is 10.9 Å². The number of carbonyl (C=O) groups excluding carboxylic acids is 1. The van der Waals surface area contributed by atoms with Crippen LogP contribution in [0.15, 0.2) is 24.3 Å². The molecule has 1 atom stereocenters. The predicted molar refractivity (Wildman–Crippen MR) is 42.0 cm³/mol. The van der Waals surface area contributed by atoms with E-state index >= 15 is 0 Å². The Labute approximate surface area is 67.7 Å². The monoisotopic (exact) mass is 202 g/mol. The van der Waals surface area contributed by atoms with Crippen molar-refractivity contribution in [3.8, 4) is 0 Å². The quantitative estimate of drug-likeness (QED) is 0.385. The number of rotatable bonds is 2. The normalized spacial score (nSPS) is 23.9. The van der Waals surface area contributed by atoms with Crippen molar-refractivity contribution in [1.29, 1.82) is 0 Å². The second-order valence-electron chi connectivity index (χ2n) is 1.93. The van der Waals surface area contributed by atoms with Crippen molar-refractivity contribution in [2.45, 2.75) is 6.10 Å². The average Bonchev–Trinajstić information content (AvgIpc) is 2.30. The second kappa shape index (κ2) is 3.01. The van der Waals surface area contributed by atoms with Crippen LogP contribution in [0.5, 0.6) is 0 Å². The van der Waals surface area contributed by atoms with E-state index in [2.05, 4.69) is 22.5 Å². The summed E-state index contributed by atoms with van der Waals surface area (Å²) in [6.45, 7) is 3.51. The molecule has 0 aliphatic carbocycles. The van der Waals surface area contributed by atoms with E-state index in [0.717, 1.165) is 0 Å². The highest BCUT2D eigenvalue weighted by Gasteiger charge is 2.21. The first-order chi connectivity index (χ1) is 4.77. The van der Waals surface area contributed by atoms with Gasteiger partial charge in [-0.15, -0.1) is 0 Å². The van der Waals surface area contributed by atoms with Crippen LogP contribution in [0.25, 0.3) is 0 Å². The highest BCUT2D eigenvalue weighted by molar-refractivity contribution is 9.09. The Bertz CT molecular complexity index is 196. The minimum atomic E-state index is -0.248. The molecule has 0 spiro atoms. The molecule has 0 N–H and O–H groups in total. The fourth-order valence-electron chi connectivity index (χ4n) is 0.715. The van der Waals surface area contributed by atoms with Crippen molar-refractivity contribution in [3.63, 3.8) is 0 Å². The summed E-state index contributed by atoms with van der Waals surface area (Å²) in [5.41, 5.74) is 0.671. The fourth-order valence-corrected chi connectivity index (χ4v) is 1.13. The van der Waals surface area contributed by atoms with Gasteiger partial charge in [-0.3, -0.25) is 0 Å². The molecule has 2 nitrogen and oxygen atoms in total. The molecule has 1 rings (SSSR count). The Morgan fingerprint density at radius 2 is 2.60 bits per heavy atom. The van der Waals surface area contributed by atoms with Crippen molar-refractivity contribution in [1.82, 2.24) is 0 Å². The molecule has 0 amide bonds. The Balaban J connectivity index is 2.71. The predicted octanol–water partition coefficient (Wildman–Crippen LogP) is 1.42. The highest BCUT2D eigenvalue weighted by Crippen LogP contribution is 2.15. The van der Waals surface area contributed by atoms with Crippen molar-refractivity contribution in [2.75, 3.05) is 5.33 Å². The number of hydrogen-bond acceptors (Lipinski definition) is 2. The minimum absolute atomic E-state index is 0.222. The third-order valence-electron chi connectivity index (χ3n) is 1.25. The van der Waals surface area contributed by atoms with Gasteiger partial charge in [0.15, 0.2) is 0 Å². The van der Waals surface area contributed by atoms with E-state index in [9.17, 15) is 4.79 Å². The van der Waals surface area contributed by atoms with Crippen LogP contribution in [0.2, 0.25) is 0 Å². The number of alkyl halides is 1. The van der Waals surface area contributed by atoms with Crippen LogP contribution in [0.4, 0.5) is 0 Å². The molecule has 0 aromatic heterocycles. The summed E-state index contributed by atoms with van der Waals surface area (Å²) in [6.07, 6.45) is 3.12. The molecule has 10 heavy (non-hydrogen) atoms. The molecule has 0 fully saturated rings. The number of ether oxygens (including phenoxy) is 1. The molecule has 1 aliphatic rings. The van der Waals surface area contributed by atoms with Gasteiger partial charge >= 0.3 is 5.97 Å². The number of carbonyl (C=O) groups is 1. The molecule has 0 saturated carbocycles. The Morgan fingerprint density at radius 1 is 1.90 bits per heavy atom. The zero-order valence-electron chi connectivity index (χ0n) is 5.34. The van der Waals surface area contributed by atoms with Gasteiger partial charge in [0.2, 0.25) is 0 Å². The lowest BCUT2D eigenvalue weighted by Gasteiger charge is -1.98. The molecule has 1 heterocycles. The summed E-state index contributed by atoms with van der Waals surface area (Å²) >= 11 is 3.17. The second-order valence-corrected chi connectivity index (χ2v) is 2.49. The maximum absolute atomic E-state index is 10.8. The fraction of sp³-hybridized carbons (Fsp3) is 0.286. The van der Waals surface area contributed by atoms with E-state index in [1.54, 1.807) is 12.2 Å². The summed E-state index contributed by atoms with van der Waals surface area (Å²) in [4.78, 5) is 10.8. The van der Waals surface area contributed by atoms with Crippen molar-refractivity contribution in [3.05, 3.63) is 24.3 Å². The van der Waals surface area contributed by atoms with E-state index in [1.807, 2.05) is 0 Å². The SMILES string of the molecule is C=CC1C=C(CBr)C(=O)O1. The van der Waals surface area contributed by atoms with E-state index < -0.39 is 0 Å². The highest BCUT2D eigenvalue weighted by atomic mass is 79.9. The van der Waals surface area contributed by atoms with Gasteiger partial charge in [-0.25, -0.2) is 4.79 Å². The molecule has 3 heteroatoms. The van der Waals surface area contributed by atoms with Crippen LogP contribution in [0.3, 0.4) is 0 Å². The molecular formula is C7H7BrO2. The van der Waals surface area contributed by atoms with E-state index in [4.69, 9.17) is 4.74 Å². The molecular weight excluding hydrogens is 196 g/mol. The zero-order valence-corrected chi connectivity index (χ0v) is 6.93. The first kappa shape index (κ1) is 7.54. The van der Waals surface area contributed by atoms with E-state index in [1.165, 1.54) is 0 Å². The van der Waals surface area contributed by atoms with Crippen LogP contribution in [0, 0.1) is 0 Å². The number of halogens is 1. The van der Waals surface area contributed by atoms with Crippen LogP contribution in [-0.2, 0) is 9.53 Å². The van der Waals surface area contributed by atoms with Gasteiger partial charge in [0, 0.05) is 10.9 Å². The van der Waals surface area contributed by atoms with Gasteiger partial charge in [0.25, 0.3) is 0 Å². The molecule has 1 aliphatic heterocycles. The number of esters is 1. The van der Waals surface area contributed by atoms with Crippen LogP contribution >= 0.6 is 15.9 Å². The molecule has 54 valence electrons. The Hall–Kier alpha value is -0.570. The molecule has 0 aromatic carbocycles. The lowest BCUT2D eigenvalue weighted by molar-refractivity contribution is -0.138. The average molecular weight is 203 g/mol. The standard InChI is InChI=1S/C7H7BrO2/c1-2-6-3-5(4-8)7(9)10-6/h2-3,6H,1,4H2. The van der Waals surface area contributed by atoms with Crippen molar-refractivity contribution >= 4 is 21.9 Å². The first-order valence-corrected chi connectivity index (χ1v) is 4.00. The largest absolute Gasteiger partial charge is 0.450 e. The van der Waals surface area contributed by atoms with Gasteiger partial charge in [-0.05, 0) is 12.2 Å². The van der Waals surface area contributed by atoms with Gasteiger partial charge in [0.05, 0.1) is 0 Å². The number of hydrogen-bond donors (Lipinski definition) is 0. The third-order valence-corrected chi connectivity index (χ3v) is 1.85. The van der Waals surface area contributed by atoms with Crippen LogP contribution in [0.1, 0.15) is 0 Å². The molecule has 0 bridgehead atoms. The summed E-state index contributed by atoms with van der Waals surface area (Å²) < 4.78 is 4.83. The Morgan fingerprint density at radius 3 is 2.90 bits per heavy atom. The zero-order chi connectivity index (χ0) is 7.56. The third kappa shape index (κ3) is 1.29. The maximum atomic E-state index is 10.8. The molecule has 1 unspecified atom stereocenters. The van der Waals surface area contributed by atoms with Gasteiger partial charge in [-0.1, -0.05) is 22.5 Å². The summed E-state index contributed by atoms with van der Waals surface area (Å²) in [5, 5.41) is 0.552. The summed E-state index contributed by atoms with van der Waals surface area (Å²) in [7, 11) is 0. The molecule has 0 radical (unpaired) electrons. The summed E-state index contributed by atoms with van der Waals surface area (Å²) in [6, 6.07) is 0. The molecule has 0 saturated heterocycles.